The van der Waals surface area contributed by atoms with E-state index in [1.54, 1.807) is 16.8 Å². The lowest BCUT2D eigenvalue weighted by atomic mass is 9.86. The minimum Gasteiger partial charge on any atom is -0.480 e. The number of anilines is 1. The van der Waals surface area contributed by atoms with Gasteiger partial charge in [0.2, 0.25) is 11.8 Å². The van der Waals surface area contributed by atoms with Crippen LogP contribution in [-0.2, 0) is 4.79 Å². The first-order chi connectivity index (χ1) is 12.6. The fourth-order valence-corrected chi connectivity index (χ4v) is 3.45. The fourth-order valence-electron chi connectivity index (χ4n) is 3.26. The molecule has 0 unspecified atom stereocenters. The molecule has 4 rings (SSSR count). The highest BCUT2D eigenvalue weighted by Gasteiger charge is 2.33. The van der Waals surface area contributed by atoms with Crippen LogP contribution in [0.25, 0.3) is 5.82 Å². The van der Waals surface area contributed by atoms with Crippen molar-refractivity contribution in [2.45, 2.75) is 19.3 Å². The van der Waals surface area contributed by atoms with Crippen molar-refractivity contribution in [2.75, 3.05) is 12.4 Å². The molecule has 0 saturated carbocycles. The molecule has 132 valence electrons. The van der Waals surface area contributed by atoms with Crippen molar-refractivity contribution in [3.8, 4) is 11.7 Å². The van der Waals surface area contributed by atoms with Gasteiger partial charge in [0.25, 0.3) is 0 Å². The number of nitrogens with zero attached hydrogens (tertiary/aromatic N) is 4. The van der Waals surface area contributed by atoms with Crippen molar-refractivity contribution in [3.63, 3.8) is 0 Å². The van der Waals surface area contributed by atoms with Crippen LogP contribution < -0.4 is 10.1 Å². The Hall–Kier alpha value is -2.93. The topological polar surface area (TPSA) is 81.9 Å². The maximum absolute atomic E-state index is 12.3. The summed E-state index contributed by atoms with van der Waals surface area (Å²) < 4.78 is 6.64. The first-order valence-corrected chi connectivity index (χ1v) is 8.47. The van der Waals surface area contributed by atoms with Gasteiger partial charge in [0.1, 0.15) is 5.82 Å². The highest BCUT2D eigenvalue weighted by atomic mass is 35.5. The minimum absolute atomic E-state index is 0.0786. The molecule has 1 N–H and O–H groups in total. The number of nitrogens with one attached hydrogen (secondary N) is 1. The van der Waals surface area contributed by atoms with Gasteiger partial charge in [-0.1, -0.05) is 23.7 Å². The number of rotatable bonds is 3. The van der Waals surface area contributed by atoms with Crippen LogP contribution >= 0.6 is 11.6 Å². The van der Waals surface area contributed by atoms with E-state index in [-0.39, 0.29) is 11.8 Å². The van der Waals surface area contributed by atoms with Gasteiger partial charge in [-0.25, -0.2) is 0 Å². The third kappa shape index (κ3) is 2.80. The van der Waals surface area contributed by atoms with Crippen LogP contribution in [0.1, 0.15) is 29.2 Å². The molecule has 2 aromatic heterocycles. The first kappa shape index (κ1) is 16.5. The van der Waals surface area contributed by atoms with Crippen LogP contribution in [0.3, 0.4) is 0 Å². The van der Waals surface area contributed by atoms with Gasteiger partial charge >= 0.3 is 0 Å². The average molecular weight is 370 g/mol. The number of methoxy groups -OCH3 is 1. The number of hydrogen-bond donors (Lipinski definition) is 1. The predicted molar refractivity (Wildman–Crippen MR) is 97.0 cm³/mol. The van der Waals surface area contributed by atoms with Crippen molar-refractivity contribution in [2.24, 2.45) is 0 Å². The normalized spacial score (nSPS) is 16.1. The van der Waals surface area contributed by atoms with Gasteiger partial charge in [-0.15, -0.1) is 10.2 Å². The van der Waals surface area contributed by atoms with E-state index < -0.39 is 0 Å². The van der Waals surface area contributed by atoms with E-state index in [4.69, 9.17) is 16.3 Å². The number of aromatic nitrogens is 4. The van der Waals surface area contributed by atoms with E-state index in [9.17, 15) is 4.79 Å². The molecule has 1 amide bonds. The summed E-state index contributed by atoms with van der Waals surface area (Å²) in [6.45, 7) is 1.92. The Morgan fingerprint density at radius 1 is 1.27 bits per heavy atom. The standard InChI is InChI=1S/C18H16ClN5O2/c1-10-17-13(11-4-3-5-12(19)8-11)9-15(25)20-18(17)24(23-10)14-6-7-16(26-2)22-21-14/h3-8,13H,9H2,1-2H3,(H,20,25)/t13-/m1/s1. The Labute approximate surface area is 155 Å². The lowest BCUT2D eigenvalue weighted by molar-refractivity contribution is -0.116. The number of halogens is 1. The Morgan fingerprint density at radius 2 is 2.12 bits per heavy atom. The quantitative estimate of drug-likeness (QED) is 0.767. The average Bonchev–Trinajstić information content (AvgIpc) is 2.97. The van der Waals surface area contributed by atoms with Gasteiger partial charge in [0.05, 0.1) is 12.8 Å². The molecule has 0 fully saturated rings. The van der Waals surface area contributed by atoms with Gasteiger partial charge in [-0.05, 0) is 30.7 Å². The summed E-state index contributed by atoms with van der Waals surface area (Å²) in [5, 5.41) is 16.2. The molecule has 8 heteroatoms. The highest BCUT2D eigenvalue weighted by Crippen LogP contribution is 2.40. The minimum atomic E-state index is -0.114. The molecular weight excluding hydrogens is 354 g/mol. The number of ether oxygens (including phenoxy) is 1. The van der Waals surface area contributed by atoms with Crippen molar-refractivity contribution >= 4 is 23.3 Å². The molecule has 0 radical (unpaired) electrons. The number of carbonyl (C=O) groups is 1. The second-order valence-corrected chi connectivity index (χ2v) is 6.49. The zero-order valence-corrected chi connectivity index (χ0v) is 15.0. The first-order valence-electron chi connectivity index (χ1n) is 8.09. The molecule has 0 aliphatic carbocycles. The van der Waals surface area contributed by atoms with E-state index in [0.717, 1.165) is 16.8 Å². The van der Waals surface area contributed by atoms with Crippen molar-refractivity contribution in [1.29, 1.82) is 0 Å². The van der Waals surface area contributed by atoms with Crippen LogP contribution in [0.2, 0.25) is 5.02 Å². The van der Waals surface area contributed by atoms with Crippen LogP contribution in [-0.4, -0.2) is 33.0 Å². The second-order valence-electron chi connectivity index (χ2n) is 6.05. The predicted octanol–water partition coefficient (Wildman–Crippen LogP) is 3.11. The molecule has 1 aliphatic rings. The summed E-state index contributed by atoms with van der Waals surface area (Å²) in [4.78, 5) is 12.3. The maximum atomic E-state index is 12.3. The molecule has 3 heterocycles. The number of benzene rings is 1. The van der Waals surface area contributed by atoms with Gasteiger partial charge in [0, 0.05) is 29.0 Å². The van der Waals surface area contributed by atoms with Crippen LogP contribution in [0.15, 0.2) is 36.4 Å². The number of aryl methyl sites for hydroxylation is 1. The fraction of sp³-hybridized carbons (Fsp3) is 0.222. The lowest BCUT2D eigenvalue weighted by Gasteiger charge is -2.24. The molecule has 1 aromatic carbocycles. The third-order valence-electron chi connectivity index (χ3n) is 4.41. The number of carbonyl (C=O) groups excluding carboxylic acids is 1. The molecule has 1 atom stereocenters. The van der Waals surface area contributed by atoms with Crippen molar-refractivity contribution in [3.05, 3.63) is 58.2 Å². The summed E-state index contributed by atoms with van der Waals surface area (Å²) in [5.41, 5.74) is 2.77. The molecule has 0 spiro atoms. The maximum Gasteiger partial charge on any atom is 0.233 e. The second kappa shape index (κ2) is 6.42. The summed E-state index contributed by atoms with van der Waals surface area (Å²) in [6, 6.07) is 11.0. The van der Waals surface area contributed by atoms with Crippen molar-refractivity contribution in [1.82, 2.24) is 20.0 Å². The van der Waals surface area contributed by atoms with Gasteiger partial charge < -0.3 is 10.1 Å². The molecule has 3 aromatic rings. The number of amides is 1. The number of hydrogen-bond acceptors (Lipinski definition) is 5. The van der Waals surface area contributed by atoms with E-state index in [1.807, 2.05) is 31.2 Å². The molecule has 7 nitrogen and oxygen atoms in total. The van der Waals surface area contributed by atoms with Gasteiger partial charge in [-0.2, -0.15) is 9.78 Å². The summed E-state index contributed by atoms with van der Waals surface area (Å²) in [5.74, 6) is 1.33. The molecule has 0 bridgehead atoms. The summed E-state index contributed by atoms with van der Waals surface area (Å²) in [7, 11) is 1.53. The Morgan fingerprint density at radius 3 is 2.81 bits per heavy atom. The van der Waals surface area contributed by atoms with Crippen LogP contribution in [0.4, 0.5) is 5.82 Å². The monoisotopic (exact) mass is 369 g/mol. The highest BCUT2D eigenvalue weighted by molar-refractivity contribution is 6.30. The Kier molecular flexibility index (Phi) is 4.08. The zero-order valence-electron chi connectivity index (χ0n) is 14.2. The third-order valence-corrected chi connectivity index (χ3v) is 4.64. The smallest absolute Gasteiger partial charge is 0.233 e. The molecule has 0 saturated heterocycles. The lowest BCUT2D eigenvalue weighted by Crippen LogP contribution is -2.25. The van der Waals surface area contributed by atoms with Crippen LogP contribution in [0, 0.1) is 6.92 Å². The van der Waals surface area contributed by atoms with E-state index in [0.29, 0.717) is 29.0 Å². The van der Waals surface area contributed by atoms with E-state index in [2.05, 4.69) is 20.6 Å². The SMILES string of the molecule is COc1ccc(-n2nc(C)c3c2NC(=O)C[C@@H]3c2cccc(Cl)c2)nn1. The van der Waals surface area contributed by atoms with Gasteiger partial charge in [0.15, 0.2) is 5.82 Å². The Balaban J connectivity index is 1.84. The molecule has 1 aliphatic heterocycles. The van der Waals surface area contributed by atoms with Crippen LogP contribution in [0.5, 0.6) is 5.88 Å². The largest absolute Gasteiger partial charge is 0.480 e. The Bertz CT molecular complexity index is 984. The van der Waals surface area contributed by atoms with Crippen molar-refractivity contribution < 1.29 is 9.53 Å². The summed E-state index contributed by atoms with van der Waals surface area (Å²) >= 11 is 6.15. The van der Waals surface area contributed by atoms with E-state index in [1.165, 1.54) is 7.11 Å². The molecule has 26 heavy (non-hydrogen) atoms. The van der Waals surface area contributed by atoms with E-state index >= 15 is 0 Å². The number of fused-ring (bicyclic) bond motifs is 1. The molecular formula is C18H16ClN5O2. The zero-order chi connectivity index (χ0) is 18.3. The summed E-state index contributed by atoms with van der Waals surface area (Å²) in [6.07, 6.45) is 0.341. The van der Waals surface area contributed by atoms with Gasteiger partial charge in [-0.3, -0.25) is 4.79 Å².